The molecule has 1 heterocycles. The number of H-pyrrole nitrogens is 1. The van der Waals surface area contributed by atoms with Crippen LogP contribution in [0.2, 0.25) is 0 Å². The number of aromatic amines is 1. The molecule has 0 spiro atoms. The number of nitrogens with zero attached hydrogens (tertiary/aromatic N) is 1. The standard InChI is InChI=1S/C19H18N2O3S/c1-25(2,24)15-9-7-13(8-10-15)11-14(22)12-18-16-5-3-4-6-17(16)19(23)21-20-18/h3-10H,1,11-12H2,2H3,(H,21,23). The van der Waals surface area contributed by atoms with Crippen LogP contribution in [0.25, 0.3) is 10.8 Å². The minimum atomic E-state index is -2.25. The summed E-state index contributed by atoms with van der Waals surface area (Å²) in [7, 11) is -2.25. The molecular weight excluding hydrogens is 336 g/mol. The summed E-state index contributed by atoms with van der Waals surface area (Å²) in [6, 6.07) is 14.2. The van der Waals surface area contributed by atoms with E-state index >= 15 is 0 Å². The Hall–Kier alpha value is -2.73. The SMILES string of the molecule is C=S(C)(=O)c1ccc(CC(=O)Cc2n[nH]c(=O)c3ccccc23)cc1. The summed E-state index contributed by atoms with van der Waals surface area (Å²) in [6.07, 6.45) is 1.97. The van der Waals surface area contributed by atoms with Crippen LogP contribution in [0.4, 0.5) is 0 Å². The molecule has 5 nitrogen and oxygen atoms in total. The Morgan fingerprint density at radius 2 is 1.72 bits per heavy atom. The van der Waals surface area contributed by atoms with Crippen LogP contribution in [0.15, 0.2) is 58.2 Å². The van der Waals surface area contributed by atoms with Gasteiger partial charge >= 0.3 is 0 Å². The van der Waals surface area contributed by atoms with E-state index in [0.29, 0.717) is 21.4 Å². The average molecular weight is 354 g/mol. The van der Waals surface area contributed by atoms with Gasteiger partial charge in [0.15, 0.2) is 0 Å². The lowest BCUT2D eigenvalue weighted by Gasteiger charge is -2.06. The lowest BCUT2D eigenvalue weighted by atomic mass is 10.0. The van der Waals surface area contributed by atoms with E-state index in [1.54, 1.807) is 48.7 Å². The first-order valence-corrected chi connectivity index (χ1v) is 9.87. The number of hydrogen-bond donors (Lipinski definition) is 1. The number of Topliss-reactive ketones (excluding diaryl/α,β-unsaturated/α-hetero) is 1. The van der Waals surface area contributed by atoms with Crippen molar-refractivity contribution >= 4 is 31.9 Å². The first-order valence-electron chi connectivity index (χ1n) is 7.74. The Bertz CT molecular complexity index is 1100. The number of carbonyl (C=O) groups excluding carboxylic acids is 1. The number of aromatic nitrogens is 2. The van der Waals surface area contributed by atoms with Crippen LogP contribution in [0, 0.1) is 0 Å². The maximum atomic E-state index is 12.4. The van der Waals surface area contributed by atoms with E-state index in [4.69, 9.17) is 0 Å². The van der Waals surface area contributed by atoms with Crippen molar-refractivity contribution in [3.8, 4) is 0 Å². The lowest BCUT2D eigenvalue weighted by molar-refractivity contribution is -0.117. The fourth-order valence-electron chi connectivity index (χ4n) is 2.68. The highest BCUT2D eigenvalue weighted by molar-refractivity contribution is 7.99. The van der Waals surface area contributed by atoms with Gasteiger partial charge in [-0.15, -0.1) is 0 Å². The number of carbonyl (C=O) groups is 1. The minimum absolute atomic E-state index is 0.00990. The van der Waals surface area contributed by atoms with Crippen molar-refractivity contribution in [2.45, 2.75) is 17.7 Å². The molecule has 25 heavy (non-hydrogen) atoms. The molecule has 128 valence electrons. The largest absolute Gasteiger partial charge is 0.299 e. The number of hydrogen-bond acceptors (Lipinski definition) is 4. The van der Waals surface area contributed by atoms with Gasteiger partial charge in [0.2, 0.25) is 0 Å². The fourth-order valence-corrected chi connectivity index (χ4v) is 3.39. The molecular formula is C19H18N2O3S. The highest BCUT2D eigenvalue weighted by Crippen LogP contribution is 2.15. The van der Waals surface area contributed by atoms with Gasteiger partial charge in [-0.1, -0.05) is 30.3 Å². The van der Waals surface area contributed by atoms with E-state index in [2.05, 4.69) is 16.1 Å². The third-order valence-electron chi connectivity index (χ3n) is 3.96. The van der Waals surface area contributed by atoms with Crippen LogP contribution >= 0.6 is 0 Å². The molecule has 0 amide bonds. The van der Waals surface area contributed by atoms with E-state index in [1.807, 2.05) is 6.07 Å². The molecule has 1 N–H and O–H groups in total. The van der Waals surface area contributed by atoms with Crippen molar-refractivity contribution in [1.29, 1.82) is 0 Å². The van der Waals surface area contributed by atoms with Crippen molar-refractivity contribution in [1.82, 2.24) is 10.2 Å². The Morgan fingerprint density at radius 1 is 1.08 bits per heavy atom. The van der Waals surface area contributed by atoms with Gasteiger partial charge in [-0.25, -0.2) is 5.10 Å². The van der Waals surface area contributed by atoms with E-state index in [1.165, 1.54) is 0 Å². The molecule has 6 heteroatoms. The molecule has 1 aromatic heterocycles. The quantitative estimate of drug-likeness (QED) is 0.711. The minimum Gasteiger partial charge on any atom is -0.299 e. The second-order valence-electron chi connectivity index (χ2n) is 6.09. The highest BCUT2D eigenvalue weighted by atomic mass is 32.2. The summed E-state index contributed by atoms with van der Waals surface area (Å²) < 4.78 is 11.9. The Labute approximate surface area is 145 Å². The fraction of sp³-hybridized carbons (Fsp3) is 0.158. The van der Waals surface area contributed by atoms with Crippen LogP contribution in [-0.4, -0.2) is 32.3 Å². The predicted molar refractivity (Wildman–Crippen MR) is 101 cm³/mol. The van der Waals surface area contributed by atoms with Crippen LogP contribution in [0.1, 0.15) is 11.3 Å². The second-order valence-corrected chi connectivity index (χ2v) is 8.57. The van der Waals surface area contributed by atoms with E-state index in [9.17, 15) is 13.8 Å². The zero-order valence-corrected chi connectivity index (χ0v) is 14.6. The molecule has 0 aliphatic heterocycles. The molecule has 3 aromatic rings. The Morgan fingerprint density at radius 3 is 2.36 bits per heavy atom. The van der Waals surface area contributed by atoms with E-state index in [0.717, 1.165) is 5.56 Å². The molecule has 0 bridgehead atoms. The molecule has 2 aromatic carbocycles. The van der Waals surface area contributed by atoms with Crippen molar-refractivity contribution in [3.63, 3.8) is 0 Å². The smallest absolute Gasteiger partial charge is 0.272 e. The van der Waals surface area contributed by atoms with Crippen molar-refractivity contribution in [2.75, 3.05) is 6.26 Å². The summed E-state index contributed by atoms with van der Waals surface area (Å²) in [6.45, 7) is 0. The molecule has 1 unspecified atom stereocenters. The van der Waals surface area contributed by atoms with Gasteiger partial charge in [0.1, 0.15) is 5.78 Å². The monoisotopic (exact) mass is 354 g/mol. The topological polar surface area (TPSA) is 79.9 Å². The zero-order chi connectivity index (χ0) is 18.0. The third kappa shape index (κ3) is 3.85. The van der Waals surface area contributed by atoms with Gasteiger partial charge in [0.05, 0.1) is 17.5 Å². The first-order chi connectivity index (χ1) is 11.8. The number of nitrogens with one attached hydrogen (secondary N) is 1. The summed E-state index contributed by atoms with van der Waals surface area (Å²) >= 11 is 0. The first kappa shape index (κ1) is 17.1. The summed E-state index contributed by atoms with van der Waals surface area (Å²) in [5.74, 6) is 3.64. The summed E-state index contributed by atoms with van der Waals surface area (Å²) in [5, 5.41) is 7.69. The number of benzene rings is 2. The van der Waals surface area contributed by atoms with Crippen molar-refractivity contribution < 1.29 is 9.00 Å². The number of ketones is 1. The zero-order valence-electron chi connectivity index (χ0n) is 13.8. The van der Waals surface area contributed by atoms with Gasteiger partial charge in [0, 0.05) is 23.0 Å². The average Bonchev–Trinajstić information content (AvgIpc) is 2.57. The maximum absolute atomic E-state index is 12.4. The molecule has 0 aliphatic rings. The van der Waals surface area contributed by atoms with Gasteiger partial charge in [-0.05, 0) is 39.2 Å². The number of fused-ring (bicyclic) bond motifs is 1. The maximum Gasteiger partial charge on any atom is 0.272 e. The van der Waals surface area contributed by atoms with E-state index < -0.39 is 9.52 Å². The molecule has 0 aliphatic carbocycles. The lowest BCUT2D eigenvalue weighted by Crippen LogP contribution is -2.14. The molecule has 3 rings (SSSR count). The second kappa shape index (κ2) is 6.64. The number of rotatable bonds is 5. The van der Waals surface area contributed by atoms with E-state index in [-0.39, 0.29) is 24.2 Å². The van der Waals surface area contributed by atoms with Gasteiger partial charge in [-0.2, -0.15) is 5.10 Å². The van der Waals surface area contributed by atoms with Gasteiger partial charge in [-0.3, -0.25) is 13.8 Å². The van der Waals surface area contributed by atoms with Crippen LogP contribution in [0.5, 0.6) is 0 Å². The summed E-state index contributed by atoms with van der Waals surface area (Å²) in [4.78, 5) is 24.8. The highest BCUT2D eigenvalue weighted by Gasteiger charge is 2.11. The molecule has 0 fully saturated rings. The molecule has 0 saturated carbocycles. The predicted octanol–water partition coefficient (Wildman–Crippen LogP) is 1.98. The Kier molecular flexibility index (Phi) is 4.55. The van der Waals surface area contributed by atoms with Gasteiger partial charge < -0.3 is 0 Å². The molecule has 1 atom stereocenters. The normalized spacial score (nSPS) is 13.5. The van der Waals surface area contributed by atoms with Crippen LogP contribution < -0.4 is 5.56 Å². The van der Waals surface area contributed by atoms with Crippen LogP contribution in [0.3, 0.4) is 0 Å². The molecule has 0 saturated heterocycles. The Balaban J connectivity index is 1.80. The molecule has 0 radical (unpaired) electrons. The van der Waals surface area contributed by atoms with Crippen molar-refractivity contribution in [3.05, 3.63) is 70.1 Å². The van der Waals surface area contributed by atoms with Gasteiger partial charge in [0.25, 0.3) is 5.56 Å². The summed E-state index contributed by atoms with van der Waals surface area (Å²) in [5.41, 5.74) is 1.14. The van der Waals surface area contributed by atoms with Crippen LogP contribution in [-0.2, 0) is 27.2 Å². The third-order valence-corrected chi connectivity index (χ3v) is 5.23. The van der Waals surface area contributed by atoms with Crippen molar-refractivity contribution in [2.24, 2.45) is 0 Å².